The van der Waals surface area contributed by atoms with Gasteiger partial charge in [0.25, 0.3) is 0 Å². The standard InChI is InChI=1S/C27H35N3O2S/c1-21(2)27(20-28,22-10-4-3-5-11-22)16-7-6-14-25(31)30-18-8-13-24(30)26(32)29-17-15-23-12-9-19-33-23/h3-5,9-12,19,21,24H,6-8,13-18H2,1-2H3,(H,29,32)/t24-,27+/m1/s1. The van der Waals surface area contributed by atoms with Gasteiger partial charge < -0.3 is 10.2 Å². The van der Waals surface area contributed by atoms with Crippen LogP contribution < -0.4 is 5.32 Å². The van der Waals surface area contributed by atoms with Gasteiger partial charge in [-0.05, 0) is 55.0 Å². The highest BCUT2D eigenvalue weighted by Crippen LogP contribution is 2.37. The summed E-state index contributed by atoms with van der Waals surface area (Å²) >= 11 is 1.69. The summed E-state index contributed by atoms with van der Waals surface area (Å²) in [6.45, 7) is 5.43. The first kappa shape index (κ1) is 25.0. The van der Waals surface area contributed by atoms with Crippen LogP contribution in [0.25, 0.3) is 0 Å². The third-order valence-corrected chi connectivity index (χ3v) is 7.75. The van der Waals surface area contributed by atoms with Crippen LogP contribution in [0.1, 0.15) is 62.8 Å². The molecule has 0 bridgehead atoms. The van der Waals surface area contributed by atoms with Crippen LogP contribution in [0.4, 0.5) is 0 Å². The van der Waals surface area contributed by atoms with Crippen LogP contribution >= 0.6 is 11.3 Å². The number of amides is 2. The number of thiophene rings is 1. The molecule has 1 aliphatic heterocycles. The number of nitrogens with zero attached hydrogens (tertiary/aromatic N) is 2. The fourth-order valence-corrected chi connectivity index (χ4v) is 5.50. The van der Waals surface area contributed by atoms with E-state index in [0.29, 0.717) is 19.5 Å². The van der Waals surface area contributed by atoms with E-state index < -0.39 is 5.41 Å². The van der Waals surface area contributed by atoms with Crippen molar-refractivity contribution in [2.24, 2.45) is 5.92 Å². The van der Waals surface area contributed by atoms with Crippen LogP contribution in [0.5, 0.6) is 0 Å². The zero-order chi connectivity index (χ0) is 23.7. The lowest BCUT2D eigenvalue weighted by molar-refractivity contribution is -0.138. The van der Waals surface area contributed by atoms with Crippen molar-refractivity contribution in [3.8, 4) is 6.07 Å². The maximum absolute atomic E-state index is 12.9. The van der Waals surface area contributed by atoms with Crippen LogP contribution in [0, 0.1) is 17.2 Å². The van der Waals surface area contributed by atoms with Gasteiger partial charge in [0.1, 0.15) is 6.04 Å². The highest BCUT2D eigenvalue weighted by atomic mass is 32.1. The van der Waals surface area contributed by atoms with Gasteiger partial charge in [-0.3, -0.25) is 9.59 Å². The summed E-state index contributed by atoms with van der Waals surface area (Å²) in [6, 6.07) is 16.3. The minimum atomic E-state index is -0.539. The number of nitriles is 1. The highest BCUT2D eigenvalue weighted by Gasteiger charge is 2.36. The lowest BCUT2D eigenvalue weighted by Crippen LogP contribution is -2.46. The Labute approximate surface area is 201 Å². The van der Waals surface area contributed by atoms with Crippen molar-refractivity contribution in [1.82, 2.24) is 10.2 Å². The second kappa shape index (κ2) is 12.0. The molecule has 2 heterocycles. The van der Waals surface area contributed by atoms with Gasteiger partial charge in [0, 0.05) is 24.4 Å². The Morgan fingerprint density at radius 2 is 2.00 bits per heavy atom. The van der Waals surface area contributed by atoms with Gasteiger partial charge >= 0.3 is 0 Å². The summed E-state index contributed by atoms with van der Waals surface area (Å²) in [7, 11) is 0. The first-order chi connectivity index (χ1) is 16.0. The Bertz CT molecular complexity index is 936. The molecule has 1 aromatic carbocycles. The molecule has 1 N–H and O–H groups in total. The Hall–Kier alpha value is -2.65. The molecule has 0 spiro atoms. The molecule has 33 heavy (non-hydrogen) atoms. The van der Waals surface area contributed by atoms with Crippen LogP contribution in [0.15, 0.2) is 47.8 Å². The SMILES string of the molecule is CC(C)[C@@](C#N)(CCCCC(=O)N1CCC[C@@H]1C(=O)NCCc1cccs1)c1ccccc1. The minimum Gasteiger partial charge on any atom is -0.354 e. The highest BCUT2D eigenvalue weighted by molar-refractivity contribution is 7.09. The maximum Gasteiger partial charge on any atom is 0.242 e. The third-order valence-electron chi connectivity index (χ3n) is 6.81. The molecule has 0 saturated carbocycles. The van der Waals surface area contributed by atoms with Gasteiger partial charge in [0.05, 0.1) is 11.5 Å². The van der Waals surface area contributed by atoms with Crippen molar-refractivity contribution < 1.29 is 9.59 Å². The number of carbonyl (C=O) groups excluding carboxylic acids is 2. The van der Waals surface area contributed by atoms with Gasteiger partial charge in [-0.1, -0.05) is 56.7 Å². The molecule has 1 fully saturated rings. The van der Waals surface area contributed by atoms with E-state index in [-0.39, 0.29) is 23.8 Å². The van der Waals surface area contributed by atoms with Gasteiger partial charge in [-0.15, -0.1) is 11.3 Å². The number of benzene rings is 1. The molecule has 0 aliphatic carbocycles. The van der Waals surface area contributed by atoms with Crippen LogP contribution in [0.2, 0.25) is 0 Å². The summed E-state index contributed by atoms with van der Waals surface area (Å²) in [6.07, 6.45) is 5.10. The van der Waals surface area contributed by atoms with E-state index in [4.69, 9.17) is 0 Å². The second-order valence-corrected chi connectivity index (χ2v) is 10.2. The van der Waals surface area contributed by atoms with Crippen LogP contribution in [-0.4, -0.2) is 35.8 Å². The summed E-state index contributed by atoms with van der Waals surface area (Å²) in [5, 5.41) is 15.1. The van der Waals surface area contributed by atoms with Gasteiger partial charge in [0.15, 0.2) is 0 Å². The number of hydrogen-bond acceptors (Lipinski definition) is 4. The first-order valence-electron chi connectivity index (χ1n) is 12.0. The quantitative estimate of drug-likeness (QED) is 0.471. The fraction of sp³-hybridized carbons (Fsp3) is 0.519. The lowest BCUT2D eigenvalue weighted by atomic mass is 9.69. The smallest absolute Gasteiger partial charge is 0.242 e. The van der Waals surface area contributed by atoms with Gasteiger partial charge in [-0.25, -0.2) is 0 Å². The number of unbranched alkanes of at least 4 members (excludes halogenated alkanes) is 1. The molecule has 3 rings (SSSR count). The molecule has 0 unspecified atom stereocenters. The Kier molecular flexibility index (Phi) is 9.08. The van der Waals surface area contributed by atoms with E-state index in [2.05, 4.69) is 31.3 Å². The Morgan fingerprint density at radius 1 is 1.21 bits per heavy atom. The predicted octanol–water partition coefficient (Wildman–Crippen LogP) is 5.08. The summed E-state index contributed by atoms with van der Waals surface area (Å²) in [4.78, 5) is 28.6. The van der Waals surface area contributed by atoms with E-state index in [1.807, 2.05) is 41.8 Å². The molecule has 2 aromatic rings. The van der Waals surface area contributed by atoms with Crippen molar-refractivity contribution >= 4 is 23.2 Å². The summed E-state index contributed by atoms with van der Waals surface area (Å²) < 4.78 is 0. The minimum absolute atomic E-state index is 0.0372. The van der Waals surface area contributed by atoms with E-state index in [0.717, 1.165) is 44.1 Å². The Balaban J connectivity index is 1.48. The van der Waals surface area contributed by atoms with Crippen molar-refractivity contribution in [3.05, 3.63) is 58.3 Å². The van der Waals surface area contributed by atoms with Crippen LogP contribution in [0.3, 0.4) is 0 Å². The fourth-order valence-electron chi connectivity index (χ4n) is 4.79. The molecule has 1 saturated heterocycles. The number of likely N-dealkylation sites (tertiary alicyclic amines) is 1. The van der Waals surface area contributed by atoms with Crippen molar-refractivity contribution in [2.75, 3.05) is 13.1 Å². The molecular formula is C27H35N3O2S. The molecule has 0 radical (unpaired) electrons. The zero-order valence-corrected chi connectivity index (χ0v) is 20.6. The van der Waals surface area contributed by atoms with Crippen LogP contribution in [-0.2, 0) is 21.4 Å². The third kappa shape index (κ3) is 6.23. The first-order valence-corrected chi connectivity index (χ1v) is 12.9. The van der Waals surface area contributed by atoms with E-state index in [1.165, 1.54) is 4.88 Å². The average Bonchev–Trinajstić information content (AvgIpc) is 3.52. The molecular weight excluding hydrogens is 430 g/mol. The molecule has 2 atom stereocenters. The Morgan fingerprint density at radius 3 is 2.67 bits per heavy atom. The number of nitrogens with one attached hydrogen (secondary N) is 1. The van der Waals surface area contributed by atoms with E-state index in [9.17, 15) is 14.9 Å². The van der Waals surface area contributed by atoms with Gasteiger partial charge in [0.2, 0.25) is 11.8 Å². The molecule has 2 amide bonds. The van der Waals surface area contributed by atoms with Gasteiger partial charge in [-0.2, -0.15) is 5.26 Å². The predicted molar refractivity (Wildman–Crippen MR) is 133 cm³/mol. The second-order valence-electron chi connectivity index (χ2n) is 9.18. The maximum atomic E-state index is 12.9. The largest absolute Gasteiger partial charge is 0.354 e. The molecule has 6 heteroatoms. The molecule has 1 aromatic heterocycles. The summed E-state index contributed by atoms with van der Waals surface area (Å²) in [5.74, 6) is 0.198. The topological polar surface area (TPSA) is 73.2 Å². The normalized spacial score (nSPS) is 17.5. The number of carbonyl (C=O) groups is 2. The van der Waals surface area contributed by atoms with Crippen molar-refractivity contribution in [3.63, 3.8) is 0 Å². The zero-order valence-electron chi connectivity index (χ0n) is 19.8. The lowest BCUT2D eigenvalue weighted by Gasteiger charge is -2.31. The van der Waals surface area contributed by atoms with Crippen molar-refractivity contribution in [2.45, 2.75) is 70.3 Å². The molecule has 1 aliphatic rings. The van der Waals surface area contributed by atoms with E-state index >= 15 is 0 Å². The number of rotatable bonds is 11. The monoisotopic (exact) mass is 465 g/mol. The average molecular weight is 466 g/mol. The number of hydrogen-bond donors (Lipinski definition) is 1. The van der Waals surface area contributed by atoms with Crippen molar-refractivity contribution in [1.29, 1.82) is 5.26 Å². The molecule has 176 valence electrons. The molecule has 5 nitrogen and oxygen atoms in total. The van der Waals surface area contributed by atoms with E-state index in [1.54, 1.807) is 16.2 Å². The summed E-state index contributed by atoms with van der Waals surface area (Å²) in [5.41, 5.74) is 0.510.